The maximum absolute atomic E-state index is 12.1. The SMILES string of the molecule is CC(OC(C)(C)C)C(=O)Nc1ccc2c(c1)OCCO2. The highest BCUT2D eigenvalue weighted by atomic mass is 16.6. The van der Waals surface area contributed by atoms with Gasteiger partial charge in [0.2, 0.25) is 0 Å². The first-order chi connectivity index (χ1) is 9.35. The van der Waals surface area contributed by atoms with Gasteiger partial charge in [0.1, 0.15) is 19.3 Å². The molecule has 5 heteroatoms. The van der Waals surface area contributed by atoms with Crippen molar-refractivity contribution in [3.05, 3.63) is 18.2 Å². The van der Waals surface area contributed by atoms with E-state index in [-0.39, 0.29) is 11.5 Å². The van der Waals surface area contributed by atoms with Gasteiger partial charge in [0.05, 0.1) is 5.60 Å². The lowest BCUT2D eigenvalue weighted by atomic mass is 10.2. The zero-order chi connectivity index (χ0) is 14.8. The molecule has 0 saturated carbocycles. The molecule has 1 unspecified atom stereocenters. The molecule has 0 aromatic heterocycles. The van der Waals surface area contributed by atoms with Gasteiger partial charge in [0.25, 0.3) is 5.91 Å². The molecule has 1 atom stereocenters. The number of fused-ring (bicyclic) bond motifs is 1. The van der Waals surface area contributed by atoms with Crippen LogP contribution in [0.2, 0.25) is 0 Å². The molecule has 0 bridgehead atoms. The van der Waals surface area contributed by atoms with Crippen molar-refractivity contribution in [3.8, 4) is 11.5 Å². The Labute approximate surface area is 119 Å². The summed E-state index contributed by atoms with van der Waals surface area (Å²) in [6, 6.07) is 5.34. The van der Waals surface area contributed by atoms with Crippen LogP contribution in [0.3, 0.4) is 0 Å². The zero-order valence-corrected chi connectivity index (χ0v) is 12.4. The van der Waals surface area contributed by atoms with Gasteiger partial charge in [-0.15, -0.1) is 0 Å². The number of ether oxygens (including phenoxy) is 3. The zero-order valence-electron chi connectivity index (χ0n) is 12.4. The van der Waals surface area contributed by atoms with E-state index in [2.05, 4.69) is 5.32 Å². The molecule has 0 fully saturated rings. The standard InChI is InChI=1S/C15H21NO4/c1-10(20-15(2,3)4)14(17)16-11-5-6-12-13(9-11)19-8-7-18-12/h5-6,9-10H,7-8H2,1-4H3,(H,16,17). The third kappa shape index (κ3) is 3.87. The maximum Gasteiger partial charge on any atom is 0.253 e. The number of carbonyl (C=O) groups is 1. The number of hydrogen-bond donors (Lipinski definition) is 1. The van der Waals surface area contributed by atoms with Crippen LogP contribution < -0.4 is 14.8 Å². The van der Waals surface area contributed by atoms with E-state index >= 15 is 0 Å². The highest BCUT2D eigenvalue weighted by Gasteiger charge is 2.21. The summed E-state index contributed by atoms with van der Waals surface area (Å²) in [6.07, 6.45) is -0.525. The second kappa shape index (κ2) is 5.71. The van der Waals surface area contributed by atoms with Gasteiger partial charge >= 0.3 is 0 Å². The average Bonchev–Trinajstić information content (AvgIpc) is 2.36. The molecule has 0 saturated heterocycles. The molecule has 5 nitrogen and oxygen atoms in total. The lowest BCUT2D eigenvalue weighted by molar-refractivity contribution is -0.135. The fourth-order valence-corrected chi connectivity index (χ4v) is 1.95. The van der Waals surface area contributed by atoms with Crippen molar-refractivity contribution in [2.24, 2.45) is 0 Å². The van der Waals surface area contributed by atoms with Crippen molar-refractivity contribution in [2.45, 2.75) is 39.4 Å². The number of amides is 1. The van der Waals surface area contributed by atoms with Crippen LogP contribution in [0.4, 0.5) is 5.69 Å². The van der Waals surface area contributed by atoms with E-state index in [1.165, 1.54) is 0 Å². The molecule has 110 valence electrons. The molecule has 1 amide bonds. The molecule has 1 aromatic carbocycles. The highest BCUT2D eigenvalue weighted by Crippen LogP contribution is 2.32. The van der Waals surface area contributed by atoms with Crippen LogP contribution in [0.25, 0.3) is 0 Å². The van der Waals surface area contributed by atoms with Gasteiger partial charge in [0, 0.05) is 11.8 Å². The number of carbonyl (C=O) groups excluding carboxylic acids is 1. The third-order valence-electron chi connectivity index (χ3n) is 2.71. The average molecular weight is 279 g/mol. The molecule has 1 aromatic rings. The summed E-state index contributed by atoms with van der Waals surface area (Å²) in [7, 11) is 0. The number of hydrogen-bond acceptors (Lipinski definition) is 4. The summed E-state index contributed by atoms with van der Waals surface area (Å²) in [5.41, 5.74) is 0.312. The van der Waals surface area contributed by atoms with Crippen LogP contribution in [-0.2, 0) is 9.53 Å². The lowest BCUT2D eigenvalue weighted by Gasteiger charge is -2.24. The highest BCUT2D eigenvalue weighted by molar-refractivity contribution is 5.94. The summed E-state index contributed by atoms with van der Waals surface area (Å²) in [5, 5.41) is 2.81. The normalized spacial score (nSPS) is 15.6. The first-order valence-electron chi connectivity index (χ1n) is 6.73. The molecular weight excluding hydrogens is 258 g/mol. The van der Waals surface area contributed by atoms with Gasteiger partial charge in [-0.25, -0.2) is 0 Å². The molecule has 1 aliphatic rings. The summed E-state index contributed by atoms with van der Waals surface area (Å²) in [5.74, 6) is 1.17. The Morgan fingerprint density at radius 1 is 1.25 bits per heavy atom. The largest absolute Gasteiger partial charge is 0.486 e. The Morgan fingerprint density at radius 3 is 2.55 bits per heavy atom. The van der Waals surface area contributed by atoms with E-state index in [0.717, 1.165) is 0 Å². The molecule has 1 aliphatic heterocycles. The Bertz CT molecular complexity index is 493. The van der Waals surface area contributed by atoms with Crippen molar-refractivity contribution in [2.75, 3.05) is 18.5 Å². The van der Waals surface area contributed by atoms with Gasteiger partial charge in [-0.1, -0.05) is 0 Å². The minimum absolute atomic E-state index is 0.184. The van der Waals surface area contributed by atoms with Crippen LogP contribution in [0, 0.1) is 0 Å². The van der Waals surface area contributed by atoms with E-state index < -0.39 is 6.10 Å². The number of rotatable bonds is 3. The maximum atomic E-state index is 12.1. The Morgan fingerprint density at radius 2 is 1.90 bits per heavy atom. The molecule has 0 spiro atoms. The molecular formula is C15H21NO4. The molecule has 2 rings (SSSR count). The van der Waals surface area contributed by atoms with Gasteiger partial charge in [-0.3, -0.25) is 4.79 Å². The van der Waals surface area contributed by atoms with Crippen LogP contribution in [0.15, 0.2) is 18.2 Å². The minimum Gasteiger partial charge on any atom is -0.486 e. The predicted molar refractivity (Wildman–Crippen MR) is 76.4 cm³/mol. The number of anilines is 1. The van der Waals surface area contributed by atoms with E-state index in [4.69, 9.17) is 14.2 Å². The fourth-order valence-electron chi connectivity index (χ4n) is 1.95. The summed E-state index contributed by atoms with van der Waals surface area (Å²) in [6.45, 7) is 8.56. The quantitative estimate of drug-likeness (QED) is 0.924. The van der Waals surface area contributed by atoms with E-state index in [1.54, 1.807) is 25.1 Å². The predicted octanol–water partition coefficient (Wildman–Crippen LogP) is 2.60. The second-order valence-corrected chi connectivity index (χ2v) is 5.72. The first-order valence-corrected chi connectivity index (χ1v) is 6.73. The summed E-state index contributed by atoms with van der Waals surface area (Å²) >= 11 is 0. The van der Waals surface area contributed by atoms with Crippen molar-refractivity contribution in [3.63, 3.8) is 0 Å². The van der Waals surface area contributed by atoms with Gasteiger partial charge in [0.15, 0.2) is 11.5 Å². The summed E-state index contributed by atoms with van der Waals surface area (Å²) < 4.78 is 16.5. The van der Waals surface area contributed by atoms with E-state index in [0.29, 0.717) is 30.4 Å². The van der Waals surface area contributed by atoms with Crippen LogP contribution in [0.1, 0.15) is 27.7 Å². The monoisotopic (exact) mass is 279 g/mol. The van der Waals surface area contributed by atoms with Crippen LogP contribution in [-0.4, -0.2) is 30.8 Å². The van der Waals surface area contributed by atoms with Crippen molar-refractivity contribution < 1.29 is 19.0 Å². The fraction of sp³-hybridized carbons (Fsp3) is 0.533. The van der Waals surface area contributed by atoms with Crippen LogP contribution >= 0.6 is 0 Å². The van der Waals surface area contributed by atoms with Gasteiger partial charge in [-0.2, -0.15) is 0 Å². The van der Waals surface area contributed by atoms with Crippen molar-refractivity contribution in [1.29, 1.82) is 0 Å². The second-order valence-electron chi connectivity index (χ2n) is 5.72. The Balaban J connectivity index is 2.01. The summed E-state index contributed by atoms with van der Waals surface area (Å²) in [4.78, 5) is 12.1. The molecule has 1 N–H and O–H groups in total. The molecule has 0 radical (unpaired) electrons. The Kier molecular flexibility index (Phi) is 4.18. The Hall–Kier alpha value is -1.75. The first kappa shape index (κ1) is 14.7. The lowest BCUT2D eigenvalue weighted by Crippen LogP contribution is -2.34. The minimum atomic E-state index is -0.525. The van der Waals surface area contributed by atoms with Crippen molar-refractivity contribution >= 4 is 11.6 Å². The van der Waals surface area contributed by atoms with E-state index in [9.17, 15) is 4.79 Å². The third-order valence-corrected chi connectivity index (χ3v) is 2.71. The number of benzene rings is 1. The van der Waals surface area contributed by atoms with Gasteiger partial charge < -0.3 is 19.5 Å². The molecule has 1 heterocycles. The topological polar surface area (TPSA) is 56.8 Å². The van der Waals surface area contributed by atoms with E-state index in [1.807, 2.05) is 20.8 Å². The number of nitrogens with one attached hydrogen (secondary N) is 1. The molecule has 0 aliphatic carbocycles. The van der Waals surface area contributed by atoms with Crippen molar-refractivity contribution in [1.82, 2.24) is 0 Å². The van der Waals surface area contributed by atoms with Gasteiger partial charge in [-0.05, 0) is 39.8 Å². The molecule has 20 heavy (non-hydrogen) atoms. The van der Waals surface area contributed by atoms with Crippen LogP contribution in [0.5, 0.6) is 11.5 Å². The smallest absolute Gasteiger partial charge is 0.253 e.